The highest BCUT2D eigenvalue weighted by atomic mass is 16.2. The average Bonchev–Trinajstić information content (AvgIpc) is 3.42. The van der Waals surface area contributed by atoms with Crippen LogP contribution in [-0.2, 0) is 26.4 Å². The lowest BCUT2D eigenvalue weighted by Gasteiger charge is -2.17. The number of carbonyl (C=O) groups is 1. The van der Waals surface area contributed by atoms with Gasteiger partial charge in [-0.2, -0.15) is 10.2 Å². The van der Waals surface area contributed by atoms with Gasteiger partial charge in [0, 0.05) is 53.0 Å². The van der Waals surface area contributed by atoms with E-state index in [0.717, 1.165) is 51.3 Å². The van der Waals surface area contributed by atoms with Crippen LogP contribution in [0.1, 0.15) is 35.8 Å². The van der Waals surface area contributed by atoms with Crippen molar-refractivity contribution in [2.24, 2.45) is 7.05 Å². The molecule has 5 rings (SSSR count). The summed E-state index contributed by atoms with van der Waals surface area (Å²) < 4.78 is 4.13. The lowest BCUT2D eigenvalue weighted by Crippen LogP contribution is -2.28. The topological polar surface area (TPSA) is 62.4 Å². The van der Waals surface area contributed by atoms with Crippen molar-refractivity contribution in [2.75, 3.05) is 38.1 Å². The summed E-state index contributed by atoms with van der Waals surface area (Å²) in [6, 6.07) is 0.433. The largest absolute Gasteiger partial charge is 0.326 e. The van der Waals surface area contributed by atoms with Crippen molar-refractivity contribution in [2.45, 2.75) is 38.3 Å². The Kier molecular flexibility index (Phi) is 3.96. The second-order valence-electron chi connectivity index (χ2n) is 8.06. The Morgan fingerprint density at radius 2 is 2.07 bits per heavy atom. The van der Waals surface area contributed by atoms with Crippen LogP contribution in [-0.4, -0.2) is 68.6 Å². The van der Waals surface area contributed by atoms with Crippen molar-refractivity contribution < 1.29 is 4.79 Å². The quantitative estimate of drug-likeness (QED) is 0.818. The third kappa shape index (κ3) is 2.82. The smallest absolute Gasteiger partial charge is 0.324 e. The number of likely N-dealkylation sites (N-methyl/N-ethyl adjacent to an activating group) is 1. The zero-order chi connectivity index (χ0) is 18.5. The molecule has 4 heterocycles. The van der Waals surface area contributed by atoms with Crippen LogP contribution in [0.4, 0.5) is 10.5 Å². The molecule has 1 unspecified atom stereocenters. The second-order valence-corrected chi connectivity index (χ2v) is 8.06. The number of carbonyl (C=O) groups excluding carboxylic acids is 1. The molecule has 1 aliphatic carbocycles. The fourth-order valence-electron chi connectivity index (χ4n) is 4.72. The van der Waals surface area contributed by atoms with Gasteiger partial charge in [0.1, 0.15) is 0 Å². The standard InChI is InChI=1S/C19H27N7O/c1-22-8-9-25(19(22)27)15-10-20-26(12-15)14-6-7-24(11-14)13-18-16-4-3-5-17(16)21-23(18)2/h10,12,14H,3-9,11,13H2,1-2H3. The molecule has 0 N–H and O–H groups in total. The van der Waals surface area contributed by atoms with Gasteiger partial charge in [-0.05, 0) is 31.2 Å². The molecule has 0 aromatic carbocycles. The van der Waals surface area contributed by atoms with E-state index >= 15 is 0 Å². The molecule has 2 aromatic heterocycles. The van der Waals surface area contributed by atoms with Gasteiger partial charge in [-0.25, -0.2) is 4.79 Å². The van der Waals surface area contributed by atoms with Crippen molar-refractivity contribution in [3.05, 3.63) is 29.3 Å². The van der Waals surface area contributed by atoms with Gasteiger partial charge in [-0.3, -0.25) is 19.2 Å². The fourth-order valence-corrected chi connectivity index (χ4v) is 4.72. The van der Waals surface area contributed by atoms with E-state index in [-0.39, 0.29) is 6.03 Å². The molecular formula is C19H27N7O. The maximum absolute atomic E-state index is 12.2. The summed E-state index contributed by atoms with van der Waals surface area (Å²) in [5.74, 6) is 0. The molecule has 8 heteroatoms. The van der Waals surface area contributed by atoms with Gasteiger partial charge in [-0.15, -0.1) is 0 Å². The molecule has 0 saturated carbocycles. The van der Waals surface area contributed by atoms with E-state index in [1.54, 1.807) is 4.90 Å². The van der Waals surface area contributed by atoms with Crippen LogP contribution in [0.25, 0.3) is 0 Å². The number of nitrogens with zero attached hydrogens (tertiary/aromatic N) is 7. The van der Waals surface area contributed by atoms with E-state index in [1.807, 2.05) is 24.3 Å². The summed E-state index contributed by atoms with van der Waals surface area (Å²) in [5, 5.41) is 9.27. The summed E-state index contributed by atoms with van der Waals surface area (Å²) in [5.41, 5.74) is 5.08. The van der Waals surface area contributed by atoms with Gasteiger partial charge in [0.15, 0.2) is 0 Å². The van der Waals surface area contributed by atoms with Crippen molar-refractivity contribution in [3.63, 3.8) is 0 Å². The molecule has 2 fully saturated rings. The first-order valence-corrected chi connectivity index (χ1v) is 9.93. The van der Waals surface area contributed by atoms with Crippen LogP contribution >= 0.6 is 0 Å². The zero-order valence-electron chi connectivity index (χ0n) is 16.1. The van der Waals surface area contributed by atoms with Crippen LogP contribution in [0, 0.1) is 0 Å². The minimum atomic E-state index is 0.0626. The molecule has 0 bridgehead atoms. The highest BCUT2D eigenvalue weighted by Gasteiger charge is 2.30. The van der Waals surface area contributed by atoms with Crippen molar-refractivity contribution in [3.8, 4) is 0 Å². The maximum atomic E-state index is 12.2. The van der Waals surface area contributed by atoms with Crippen LogP contribution < -0.4 is 4.90 Å². The number of aryl methyl sites for hydroxylation is 2. The molecule has 2 saturated heterocycles. The van der Waals surface area contributed by atoms with Gasteiger partial charge in [0.2, 0.25) is 0 Å². The Balaban J connectivity index is 1.26. The Morgan fingerprint density at radius 1 is 1.19 bits per heavy atom. The summed E-state index contributed by atoms with van der Waals surface area (Å²) in [7, 11) is 3.92. The van der Waals surface area contributed by atoms with Crippen molar-refractivity contribution >= 4 is 11.7 Å². The van der Waals surface area contributed by atoms with Gasteiger partial charge >= 0.3 is 6.03 Å². The number of hydrogen-bond acceptors (Lipinski definition) is 4. The molecule has 144 valence electrons. The Hall–Kier alpha value is -2.35. The summed E-state index contributed by atoms with van der Waals surface area (Å²) in [6.45, 7) is 4.55. The highest BCUT2D eigenvalue weighted by molar-refractivity contribution is 5.93. The second kappa shape index (κ2) is 6.37. The van der Waals surface area contributed by atoms with Gasteiger partial charge in [0.25, 0.3) is 0 Å². The van der Waals surface area contributed by atoms with Crippen LogP contribution in [0.5, 0.6) is 0 Å². The average molecular weight is 369 g/mol. The first kappa shape index (κ1) is 16.8. The minimum absolute atomic E-state index is 0.0626. The molecular weight excluding hydrogens is 342 g/mol. The number of rotatable bonds is 4. The van der Waals surface area contributed by atoms with Crippen LogP contribution in [0.2, 0.25) is 0 Å². The monoisotopic (exact) mass is 369 g/mol. The first-order valence-electron chi connectivity index (χ1n) is 9.93. The SMILES string of the molecule is CN1CCN(c2cnn(C3CCN(Cc4c5c(nn4C)CCC5)C3)c2)C1=O. The molecule has 27 heavy (non-hydrogen) atoms. The number of aromatic nitrogens is 4. The van der Waals surface area contributed by atoms with E-state index in [1.165, 1.54) is 29.8 Å². The summed E-state index contributed by atoms with van der Waals surface area (Å²) in [4.78, 5) is 18.3. The number of urea groups is 1. The van der Waals surface area contributed by atoms with Crippen LogP contribution in [0.3, 0.4) is 0 Å². The number of fused-ring (bicyclic) bond motifs is 1. The molecule has 1 atom stereocenters. The van der Waals surface area contributed by atoms with Crippen LogP contribution in [0.15, 0.2) is 12.4 Å². The van der Waals surface area contributed by atoms with Gasteiger partial charge in [-0.1, -0.05) is 0 Å². The lowest BCUT2D eigenvalue weighted by molar-refractivity contribution is 0.229. The number of amides is 2. The van der Waals surface area contributed by atoms with E-state index < -0.39 is 0 Å². The fraction of sp³-hybridized carbons (Fsp3) is 0.632. The molecule has 8 nitrogen and oxygen atoms in total. The number of anilines is 1. The number of hydrogen-bond donors (Lipinski definition) is 0. The predicted octanol–water partition coefficient (Wildman–Crippen LogP) is 1.42. The normalized spacial score (nSPS) is 23.0. The van der Waals surface area contributed by atoms with E-state index in [0.29, 0.717) is 6.04 Å². The van der Waals surface area contributed by atoms with Crippen molar-refractivity contribution in [1.29, 1.82) is 0 Å². The Bertz CT molecular complexity index is 870. The predicted molar refractivity (Wildman–Crippen MR) is 102 cm³/mol. The van der Waals surface area contributed by atoms with Gasteiger partial charge < -0.3 is 4.90 Å². The molecule has 2 aromatic rings. The third-order valence-corrected chi connectivity index (χ3v) is 6.31. The third-order valence-electron chi connectivity index (χ3n) is 6.31. The van der Waals surface area contributed by atoms with E-state index in [4.69, 9.17) is 5.10 Å². The Labute approximate surface area is 159 Å². The summed E-state index contributed by atoms with van der Waals surface area (Å²) in [6.07, 6.45) is 8.51. The van der Waals surface area contributed by atoms with E-state index in [2.05, 4.69) is 26.4 Å². The zero-order valence-corrected chi connectivity index (χ0v) is 16.1. The minimum Gasteiger partial charge on any atom is -0.326 e. The molecule has 0 spiro atoms. The Morgan fingerprint density at radius 3 is 2.89 bits per heavy atom. The lowest BCUT2D eigenvalue weighted by atomic mass is 10.2. The molecule has 0 radical (unpaired) electrons. The van der Waals surface area contributed by atoms with Gasteiger partial charge in [0.05, 0.1) is 29.3 Å². The summed E-state index contributed by atoms with van der Waals surface area (Å²) >= 11 is 0. The van der Waals surface area contributed by atoms with Crippen molar-refractivity contribution in [1.82, 2.24) is 29.4 Å². The number of likely N-dealkylation sites (tertiary alicyclic amines) is 1. The maximum Gasteiger partial charge on any atom is 0.324 e. The molecule has 3 aliphatic rings. The highest BCUT2D eigenvalue weighted by Crippen LogP contribution is 2.29. The van der Waals surface area contributed by atoms with E-state index in [9.17, 15) is 4.79 Å². The molecule has 2 amide bonds. The molecule has 2 aliphatic heterocycles. The first-order chi connectivity index (χ1) is 13.1.